The van der Waals surface area contributed by atoms with Crippen LogP contribution in [0.5, 0.6) is 0 Å². The Morgan fingerprint density at radius 3 is 1.90 bits per heavy atom. The van der Waals surface area contributed by atoms with Gasteiger partial charge in [0, 0.05) is 14.4 Å². The molecule has 3 aromatic rings. The molecule has 0 atom stereocenters. The number of hydrogen-bond donors (Lipinski definition) is 0. The molecule has 1 aliphatic carbocycles. The van der Waals surface area contributed by atoms with Gasteiger partial charge in [0.05, 0.1) is 0 Å². The van der Waals surface area contributed by atoms with Crippen molar-refractivity contribution in [1.82, 2.24) is 0 Å². The largest absolute Gasteiger partial charge is 0.0654 e. The van der Waals surface area contributed by atoms with E-state index in [4.69, 9.17) is 0 Å². The molecule has 0 fully saturated rings. The molecule has 1 aliphatic rings. The van der Waals surface area contributed by atoms with Crippen LogP contribution < -0.4 is 0 Å². The van der Waals surface area contributed by atoms with Crippen LogP contribution in [-0.4, -0.2) is 0 Å². The predicted octanol–water partition coefficient (Wildman–Crippen LogP) is 9.59. The van der Waals surface area contributed by atoms with Crippen molar-refractivity contribution in [2.24, 2.45) is 0 Å². The first kappa shape index (κ1) is 21.8. The maximum Gasteiger partial charge on any atom is 0.0464 e. The van der Waals surface area contributed by atoms with Gasteiger partial charge in [0.2, 0.25) is 0 Å². The number of halogens is 2. The highest BCUT2D eigenvalue weighted by molar-refractivity contribution is 9.10. The Labute approximate surface area is 198 Å². The Kier molecular flexibility index (Phi) is 6.85. The van der Waals surface area contributed by atoms with Crippen molar-refractivity contribution in [2.45, 2.75) is 64.2 Å². The molecule has 0 radical (unpaired) electrons. The molecule has 0 amide bonds. The average Bonchev–Trinajstić information content (AvgIpc) is 3.00. The molecular weight excluding hydrogens is 496 g/mol. The summed E-state index contributed by atoms with van der Waals surface area (Å²) in [6, 6.07) is 22.9. The second-order valence-electron chi connectivity index (χ2n) is 8.67. The molecule has 2 heteroatoms. The zero-order valence-electron chi connectivity index (χ0n) is 18.0. The molecule has 0 heterocycles. The van der Waals surface area contributed by atoms with Crippen molar-refractivity contribution in [1.29, 1.82) is 0 Å². The first-order chi connectivity index (χ1) is 14.6. The van der Waals surface area contributed by atoms with Crippen molar-refractivity contribution >= 4 is 31.9 Å². The van der Waals surface area contributed by atoms with Gasteiger partial charge in [-0.25, -0.2) is 0 Å². The second-order valence-corrected chi connectivity index (χ2v) is 10.5. The van der Waals surface area contributed by atoms with Gasteiger partial charge in [0.1, 0.15) is 0 Å². The van der Waals surface area contributed by atoms with Crippen LogP contribution in [0.15, 0.2) is 69.6 Å². The predicted molar refractivity (Wildman–Crippen MR) is 136 cm³/mol. The molecule has 3 aromatic carbocycles. The monoisotopic (exact) mass is 524 g/mol. The highest BCUT2D eigenvalue weighted by atomic mass is 79.9. The fraction of sp³-hybridized carbons (Fsp3) is 0.357. The van der Waals surface area contributed by atoms with E-state index < -0.39 is 0 Å². The molecule has 0 unspecified atom stereocenters. The van der Waals surface area contributed by atoms with Gasteiger partial charge in [0.15, 0.2) is 0 Å². The quantitative estimate of drug-likeness (QED) is 0.257. The summed E-state index contributed by atoms with van der Waals surface area (Å²) in [5.41, 5.74) is 8.33. The lowest BCUT2D eigenvalue weighted by molar-refractivity contribution is 0.506. The SMILES string of the molecule is CCCCCCCCC1(c2cccc(C)c2)c2cc(Br)ccc2-c2ccc(Br)cc21. The molecule has 30 heavy (non-hydrogen) atoms. The van der Waals surface area contributed by atoms with Crippen LogP contribution in [0.1, 0.15) is 74.1 Å². The lowest BCUT2D eigenvalue weighted by Crippen LogP contribution is -2.27. The third-order valence-corrected chi connectivity index (χ3v) is 7.58. The van der Waals surface area contributed by atoms with E-state index in [1.807, 2.05) is 0 Å². The minimum atomic E-state index is -0.0883. The Bertz CT molecular complexity index is 983. The summed E-state index contributed by atoms with van der Waals surface area (Å²) in [7, 11) is 0. The smallest absolute Gasteiger partial charge is 0.0464 e. The van der Waals surface area contributed by atoms with Crippen LogP contribution in [0.3, 0.4) is 0 Å². The van der Waals surface area contributed by atoms with Gasteiger partial charge in [-0.05, 0) is 65.4 Å². The Morgan fingerprint density at radius 1 is 0.700 bits per heavy atom. The molecule has 0 saturated heterocycles. The first-order valence-electron chi connectivity index (χ1n) is 11.2. The molecule has 0 saturated carbocycles. The van der Waals surface area contributed by atoms with Crippen LogP contribution in [-0.2, 0) is 5.41 Å². The molecule has 156 valence electrons. The number of rotatable bonds is 8. The van der Waals surface area contributed by atoms with Crippen molar-refractivity contribution in [3.8, 4) is 11.1 Å². The van der Waals surface area contributed by atoms with E-state index in [-0.39, 0.29) is 5.41 Å². The number of hydrogen-bond acceptors (Lipinski definition) is 0. The van der Waals surface area contributed by atoms with Gasteiger partial charge >= 0.3 is 0 Å². The highest BCUT2D eigenvalue weighted by Gasteiger charge is 2.44. The Morgan fingerprint density at radius 2 is 1.30 bits per heavy atom. The summed E-state index contributed by atoms with van der Waals surface area (Å²) >= 11 is 7.53. The van der Waals surface area contributed by atoms with Gasteiger partial charge in [-0.3, -0.25) is 0 Å². The molecule has 0 spiro atoms. The van der Waals surface area contributed by atoms with E-state index in [9.17, 15) is 0 Å². The van der Waals surface area contributed by atoms with Crippen molar-refractivity contribution in [3.05, 3.63) is 91.9 Å². The maximum atomic E-state index is 3.76. The highest BCUT2D eigenvalue weighted by Crippen LogP contribution is 2.56. The number of aryl methyl sites for hydroxylation is 1. The van der Waals surface area contributed by atoms with Gasteiger partial charge in [0.25, 0.3) is 0 Å². The van der Waals surface area contributed by atoms with Crippen LogP contribution >= 0.6 is 31.9 Å². The molecule has 0 bridgehead atoms. The van der Waals surface area contributed by atoms with Gasteiger partial charge < -0.3 is 0 Å². The zero-order valence-corrected chi connectivity index (χ0v) is 21.2. The minimum Gasteiger partial charge on any atom is -0.0654 e. The number of benzene rings is 3. The summed E-state index contributed by atoms with van der Waals surface area (Å²) in [5.74, 6) is 0. The summed E-state index contributed by atoms with van der Waals surface area (Å²) in [4.78, 5) is 0. The first-order valence-corrected chi connectivity index (χ1v) is 12.8. The summed E-state index contributed by atoms with van der Waals surface area (Å²) < 4.78 is 2.32. The van der Waals surface area contributed by atoms with Gasteiger partial charge in [-0.2, -0.15) is 0 Å². The fourth-order valence-corrected chi connectivity index (χ4v) is 5.88. The van der Waals surface area contributed by atoms with Crippen LogP contribution in [0.4, 0.5) is 0 Å². The van der Waals surface area contributed by atoms with Crippen LogP contribution in [0, 0.1) is 6.92 Å². The average molecular weight is 526 g/mol. The normalized spacial score (nSPS) is 13.9. The van der Waals surface area contributed by atoms with Crippen molar-refractivity contribution < 1.29 is 0 Å². The minimum absolute atomic E-state index is 0.0883. The summed E-state index contributed by atoms with van der Waals surface area (Å²) in [6.07, 6.45) is 9.06. The van der Waals surface area contributed by atoms with Gasteiger partial charge in [-0.15, -0.1) is 0 Å². The molecule has 4 rings (SSSR count). The van der Waals surface area contributed by atoms with E-state index in [2.05, 4.69) is 106 Å². The van der Waals surface area contributed by atoms with Crippen LogP contribution in [0.25, 0.3) is 11.1 Å². The molecule has 0 nitrogen and oxygen atoms in total. The lowest BCUT2D eigenvalue weighted by atomic mass is 9.69. The summed E-state index contributed by atoms with van der Waals surface area (Å²) in [5, 5.41) is 0. The van der Waals surface area contributed by atoms with Crippen molar-refractivity contribution in [3.63, 3.8) is 0 Å². The van der Waals surface area contributed by atoms with Gasteiger partial charge in [-0.1, -0.05) is 119 Å². The molecular formula is C28H30Br2. The van der Waals surface area contributed by atoms with E-state index in [0.29, 0.717) is 0 Å². The third kappa shape index (κ3) is 4.06. The second kappa shape index (κ2) is 9.40. The Balaban J connectivity index is 1.84. The van der Waals surface area contributed by atoms with Crippen molar-refractivity contribution in [2.75, 3.05) is 0 Å². The summed E-state index contributed by atoms with van der Waals surface area (Å²) in [6.45, 7) is 4.50. The lowest BCUT2D eigenvalue weighted by Gasteiger charge is -2.34. The Hall–Kier alpha value is -1.38. The maximum absolute atomic E-state index is 3.76. The number of fused-ring (bicyclic) bond motifs is 3. The molecule has 0 N–H and O–H groups in total. The standard InChI is InChI=1S/C28H30Br2/c1-3-4-5-6-7-8-16-28(21-11-9-10-20(2)17-21)26-18-22(29)12-14-24(26)25-15-13-23(30)19-27(25)28/h9-15,17-19H,3-8,16H2,1-2H3. The number of unbranched alkanes of at least 4 members (excludes halogenated alkanes) is 5. The topological polar surface area (TPSA) is 0 Å². The van der Waals surface area contributed by atoms with E-state index in [0.717, 1.165) is 15.4 Å². The van der Waals surface area contributed by atoms with E-state index in [1.54, 1.807) is 0 Å². The van der Waals surface area contributed by atoms with E-state index >= 15 is 0 Å². The fourth-order valence-electron chi connectivity index (χ4n) is 5.16. The van der Waals surface area contributed by atoms with Crippen LogP contribution in [0.2, 0.25) is 0 Å². The van der Waals surface area contributed by atoms with E-state index in [1.165, 1.54) is 71.9 Å². The molecule has 0 aliphatic heterocycles. The third-order valence-electron chi connectivity index (χ3n) is 6.59. The zero-order chi connectivity index (χ0) is 21.1. The molecule has 0 aromatic heterocycles.